The van der Waals surface area contributed by atoms with Crippen molar-refractivity contribution in [1.82, 2.24) is 9.97 Å². The molecule has 30 heavy (non-hydrogen) atoms. The van der Waals surface area contributed by atoms with Gasteiger partial charge in [0.25, 0.3) is 0 Å². The van der Waals surface area contributed by atoms with Crippen LogP contribution in [0.3, 0.4) is 0 Å². The van der Waals surface area contributed by atoms with Crippen LogP contribution in [0, 0.1) is 6.92 Å². The van der Waals surface area contributed by atoms with E-state index < -0.39 is 0 Å². The van der Waals surface area contributed by atoms with Crippen molar-refractivity contribution >= 4 is 0 Å². The topological polar surface area (TPSA) is 25.8 Å². The Morgan fingerprint density at radius 2 is 0.833 bits per heavy atom. The van der Waals surface area contributed by atoms with Crippen molar-refractivity contribution in [2.24, 2.45) is 0 Å². The van der Waals surface area contributed by atoms with Gasteiger partial charge in [-0.25, -0.2) is 9.97 Å². The van der Waals surface area contributed by atoms with E-state index in [4.69, 9.17) is 0 Å². The predicted octanol–water partition coefficient (Wildman–Crippen LogP) is 6.12. The number of rotatable bonds is 7. The maximum Gasteiger partial charge on any atom is 0.132 e. The highest BCUT2D eigenvalue weighted by Crippen LogP contribution is 2.16. The van der Waals surface area contributed by atoms with Crippen LogP contribution in [0.1, 0.15) is 51.7 Å². The van der Waals surface area contributed by atoms with Gasteiger partial charge in [-0.1, -0.05) is 79.7 Å². The molecule has 1 aromatic heterocycles. The van der Waals surface area contributed by atoms with Gasteiger partial charge < -0.3 is 0 Å². The highest BCUT2D eigenvalue weighted by molar-refractivity contribution is 5.34. The van der Waals surface area contributed by atoms with E-state index in [9.17, 15) is 0 Å². The lowest BCUT2D eigenvalue weighted by atomic mass is 9.99. The Hall–Kier alpha value is -3.26. The van der Waals surface area contributed by atoms with Gasteiger partial charge in [0.1, 0.15) is 5.82 Å². The lowest BCUT2D eigenvalue weighted by Gasteiger charge is -2.07. The first-order chi connectivity index (χ1) is 14.7. The van der Waals surface area contributed by atoms with Gasteiger partial charge in [-0.3, -0.25) is 0 Å². The Labute approximate surface area is 179 Å². The molecule has 0 aliphatic carbocycles. The van der Waals surface area contributed by atoms with Gasteiger partial charge in [0, 0.05) is 18.8 Å². The molecule has 0 radical (unpaired) electrons. The summed E-state index contributed by atoms with van der Waals surface area (Å²) in [6, 6.07) is 26.8. The molecule has 0 atom stereocenters. The van der Waals surface area contributed by atoms with Crippen molar-refractivity contribution in [3.63, 3.8) is 0 Å². The Balaban J connectivity index is 1.35. The molecule has 2 heteroatoms. The zero-order valence-corrected chi connectivity index (χ0v) is 17.8. The van der Waals surface area contributed by atoms with Gasteiger partial charge in [0.15, 0.2) is 0 Å². The fraction of sp³-hybridized carbons (Fsp3) is 0.214. The molecule has 4 aromatic rings. The summed E-state index contributed by atoms with van der Waals surface area (Å²) in [7, 11) is 0. The summed E-state index contributed by atoms with van der Waals surface area (Å²) in [6.45, 7) is 4.20. The molecule has 0 N–H and O–H groups in total. The molecule has 0 saturated heterocycles. The first-order valence-corrected chi connectivity index (χ1v) is 10.7. The Morgan fingerprint density at radius 1 is 0.500 bits per heavy atom. The normalized spacial score (nSPS) is 10.9. The summed E-state index contributed by atoms with van der Waals surface area (Å²) in [5.41, 5.74) is 9.12. The average molecular weight is 393 g/mol. The highest BCUT2D eigenvalue weighted by Gasteiger charge is 2.02. The summed E-state index contributed by atoms with van der Waals surface area (Å²) in [4.78, 5) is 8.80. The van der Waals surface area contributed by atoms with E-state index in [0.717, 1.165) is 37.1 Å². The fourth-order valence-electron chi connectivity index (χ4n) is 3.61. The number of aromatic nitrogens is 2. The van der Waals surface area contributed by atoms with E-state index in [2.05, 4.69) is 89.7 Å². The second kappa shape index (κ2) is 9.49. The van der Waals surface area contributed by atoms with Gasteiger partial charge in [0.05, 0.1) is 0 Å². The third-order valence-corrected chi connectivity index (χ3v) is 5.49. The maximum atomic E-state index is 4.40. The van der Waals surface area contributed by atoms with Crippen LogP contribution >= 0.6 is 0 Å². The molecular weight excluding hydrogens is 364 g/mol. The van der Waals surface area contributed by atoms with Crippen LogP contribution in [0.4, 0.5) is 0 Å². The largest absolute Gasteiger partial charge is 0.241 e. The summed E-state index contributed by atoms with van der Waals surface area (Å²) < 4.78 is 0. The van der Waals surface area contributed by atoms with Crippen LogP contribution in [0.25, 0.3) is 0 Å². The zero-order valence-electron chi connectivity index (χ0n) is 17.8. The molecule has 0 amide bonds. The summed E-state index contributed by atoms with van der Waals surface area (Å²) in [6.07, 6.45) is 7.55. The van der Waals surface area contributed by atoms with E-state index in [0.29, 0.717) is 0 Å². The molecule has 150 valence electrons. The third-order valence-electron chi connectivity index (χ3n) is 5.49. The zero-order chi connectivity index (χ0) is 20.8. The standard InChI is InChI=1S/C28H28N2/c1-3-22-4-6-23(7-5-22)16-24-8-10-25(11-9-24)17-26-12-14-27(15-13-26)18-28-29-19-21(2)20-30-28/h4-15,19-20H,3,16-18H2,1-2H3. The Morgan fingerprint density at radius 3 is 1.20 bits per heavy atom. The second-order valence-electron chi connectivity index (χ2n) is 8.01. The van der Waals surface area contributed by atoms with E-state index in [1.807, 2.05) is 19.3 Å². The monoisotopic (exact) mass is 392 g/mol. The number of benzene rings is 3. The second-order valence-corrected chi connectivity index (χ2v) is 8.01. The third kappa shape index (κ3) is 5.42. The van der Waals surface area contributed by atoms with Crippen LogP contribution in [0.5, 0.6) is 0 Å². The van der Waals surface area contributed by atoms with Crippen LogP contribution < -0.4 is 0 Å². The number of aryl methyl sites for hydroxylation is 2. The SMILES string of the molecule is CCc1ccc(Cc2ccc(Cc3ccc(Cc4ncc(C)cn4)cc3)cc2)cc1. The smallest absolute Gasteiger partial charge is 0.132 e. The molecule has 0 bridgehead atoms. The van der Waals surface area contributed by atoms with Crippen LogP contribution in [0.2, 0.25) is 0 Å². The first-order valence-electron chi connectivity index (χ1n) is 10.7. The highest BCUT2D eigenvalue weighted by atomic mass is 14.9. The van der Waals surface area contributed by atoms with Gasteiger partial charge in [-0.05, 0) is 65.1 Å². The van der Waals surface area contributed by atoms with E-state index in [1.54, 1.807) is 0 Å². The Kier molecular flexibility index (Phi) is 6.34. The lowest BCUT2D eigenvalue weighted by molar-refractivity contribution is 0.954. The molecule has 2 nitrogen and oxygen atoms in total. The fourth-order valence-corrected chi connectivity index (χ4v) is 3.61. The Bertz CT molecular complexity index is 1060. The summed E-state index contributed by atoms with van der Waals surface area (Å²) >= 11 is 0. The molecule has 0 unspecified atom stereocenters. The molecule has 0 fully saturated rings. The molecule has 0 aliphatic heterocycles. The summed E-state index contributed by atoms with van der Waals surface area (Å²) in [5.74, 6) is 0.869. The minimum absolute atomic E-state index is 0.772. The van der Waals surface area contributed by atoms with Crippen molar-refractivity contribution in [2.45, 2.75) is 39.5 Å². The average Bonchev–Trinajstić information content (AvgIpc) is 2.78. The number of hydrogen-bond acceptors (Lipinski definition) is 2. The van der Waals surface area contributed by atoms with Crippen LogP contribution in [-0.4, -0.2) is 9.97 Å². The van der Waals surface area contributed by atoms with Crippen molar-refractivity contribution < 1.29 is 0 Å². The molecule has 0 aliphatic rings. The van der Waals surface area contributed by atoms with Crippen LogP contribution in [0.15, 0.2) is 85.2 Å². The minimum Gasteiger partial charge on any atom is -0.241 e. The molecular formula is C28H28N2. The minimum atomic E-state index is 0.772. The quantitative estimate of drug-likeness (QED) is 0.379. The first kappa shape index (κ1) is 20.0. The van der Waals surface area contributed by atoms with Crippen molar-refractivity contribution in [1.29, 1.82) is 0 Å². The lowest BCUT2D eigenvalue weighted by Crippen LogP contribution is -1.97. The van der Waals surface area contributed by atoms with E-state index in [1.165, 1.54) is 33.4 Å². The number of hydrogen-bond donors (Lipinski definition) is 0. The molecule has 3 aromatic carbocycles. The van der Waals surface area contributed by atoms with Gasteiger partial charge >= 0.3 is 0 Å². The van der Waals surface area contributed by atoms with Crippen LogP contribution in [-0.2, 0) is 25.7 Å². The summed E-state index contributed by atoms with van der Waals surface area (Å²) in [5, 5.41) is 0. The predicted molar refractivity (Wildman–Crippen MR) is 124 cm³/mol. The molecule has 0 saturated carbocycles. The molecule has 4 rings (SSSR count). The van der Waals surface area contributed by atoms with E-state index in [-0.39, 0.29) is 0 Å². The van der Waals surface area contributed by atoms with Crippen molar-refractivity contribution in [3.05, 3.63) is 130 Å². The van der Waals surface area contributed by atoms with E-state index >= 15 is 0 Å². The molecule has 1 heterocycles. The maximum absolute atomic E-state index is 4.40. The number of nitrogens with zero attached hydrogens (tertiary/aromatic N) is 2. The molecule has 0 spiro atoms. The van der Waals surface area contributed by atoms with Gasteiger partial charge in [-0.15, -0.1) is 0 Å². The van der Waals surface area contributed by atoms with Gasteiger partial charge in [-0.2, -0.15) is 0 Å². The van der Waals surface area contributed by atoms with Gasteiger partial charge in [0.2, 0.25) is 0 Å². The van der Waals surface area contributed by atoms with Crippen molar-refractivity contribution in [3.8, 4) is 0 Å². The van der Waals surface area contributed by atoms with Crippen molar-refractivity contribution in [2.75, 3.05) is 0 Å².